The Morgan fingerprint density at radius 2 is 1.41 bits per heavy atom. The third-order valence-electron chi connectivity index (χ3n) is 5.56. The van der Waals surface area contributed by atoms with Gasteiger partial charge in [0, 0.05) is 22.6 Å². The van der Waals surface area contributed by atoms with E-state index in [4.69, 9.17) is 8.83 Å². The lowest BCUT2D eigenvalue weighted by Gasteiger charge is -2.04. The summed E-state index contributed by atoms with van der Waals surface area (Å²) < 4.78 is 12.1. The predicted octanol–water partition coefficient (Wildman–Crippen LogP) is 6.80. The van der Waals surface area contributed by atoms with Crippen molar-refractivity contribution >= 4 is 44.4 Å². The first kappa shape index (κ1) is 18.3. The van der Waals surface area contributed by atoms with Crippen LogP contribution in [0.4, 0.5) is 5.69 Å². The van der Waals surface area contributed by atoms with Crippen LogP contribution in [0.25, 0.3) is 32.9 Å². The highest BCUT2D eigenvalue weighted by Crippen LogP contribution is 2.36. The molecule has 0 saturated carbocycles. The molecule has 0 aliphatic rings. The molecular weight excluding hydrogens is 398 g/mol. The Balaban J connectivity index is 1.73. The fraction of sp³-hybridized carbons (Fsp3) is 0. The van der Waals surface area contributed by atoms with Crippen molar-refractivity contribution in [3.8, 4) is 0 Å². The van der Waals surface area contributed by atoms with Crippen molar-refractivity contribution in [2.75, 3.05) is 0 Å². The summed E-state index contributed by atoms with van der Waals surface area (Å²) in [5, 5.41) is 3.61. The van der Waals surface area contributed by atoms with Gasteiger partial charge in [-0.15, -0.1) is 0 Å². The topological polar surface area (TPSA) is 55.7 Å². The van der Waals surface area contributed by atoms with Crippen LogP contribution in [-0.4, -0.2) is 5.78 Å². The number of hydrogen-bond acceptors (Lipinski definition) is 4. The summed E-state index contributed by atoms with van der Waals surface area (Å²) >= 11 is 0. The highest BCUT2D eigenvalue weighted by molar-refractivity contribution is 6.26. The van der Waals surface area contributed by atoms with Gasteiger partial charge in [0.25, 0.3) is 0 Å². The van der Waals surface area contributed by atoms with E-state index >= 15 is 0 Å². The van der Waals surface area contributed by atoms with Gasteiger partial charge in [0.05, 0.1) is 11.1 Å². The fourth-order valence-corrected chi connectivity index (χ4v) is 4.09. The van der Waals surface area contributed by atoms with Crippen LogP contribution >= 0.6 is 0 Å². The van der Waals surface area contributed by atoms with Gasteiger partial charge in [-0.1, -0.05) is 78.9 Å². The lowest BCUT2D eigenvalue weighted by Crippen LogP contribution is -2.08. The number of carbonyl (C=O) groups is 1. The van der Waals surface area contributed by atoms with Crippen LogP contribution in [0.15, 0.2) is 117 Å². The van der Waals surface area contributed by atoms with Gasteiger partial charge in [-0.25, -0.2) is 4.99 Å². The summed E-state index contributed by atoms with van der Waals surface area (Å²) in [5.41, 5.74) is 2.81. The molecule has 0 aliphatic heterocycles. The average molecular weight is 415 g/mol. The summed E-state index contributed by atoms with van der Waals surface area (Å²) in [4.78, 5) is 18.2. The number of ketones is 1. The summed E-state index contributed by atoms with van der Waals surface area (Å²) in [5.74, 6) is 0.180. The molecule has 0 radical (unpaired) electrons. The van der Waals surface area contributed by atoms with Gasteiger partial charge in [-0.05, 0) is 29.0 Å². The minimum atomic E-state index is -0.105. The lowest BCUT2D eigenvalue weighted by atomic mass is 9.98. The summed E-state index contributed by atoms with van der Waals surface area (Å²) in [6.07, 6.45) is 0. The van der Waals surface area contributed by atoms with Crippen LogP contribution in [0.3, 0.4) is 0 Å². The smallest absolute Gasteiger partial charge is 0.300 e. The molecule has 152 valence electrons. The molecule has 0 saturated heterocycles. The Kier molecular flexibility index (Phi) is 4.22. The van der Waals surface area contributed by atoms with Crippen molar-refractivity contribution < 1.29 is 13.6 Å². The summed E-state index contributed by atoms with van der Waals surface area (Å²) in [6, 6.07) is 32.4. The third-order valence-corrected chi connectivity index (χ3v) is 5.56. The Hall–Kier alpha value is -4.44. The van der Waals surface area contributed by atoms with Crippen molar-refractivity contribution in [1.82, 2.24) is 0 Å². The molecule has 6 rings (SSSR count). The highest BCUT2D eigenvalue weighted by atomic mass is 16.5. The second-order valence-corrected chi connectivity index (χ2v) is 7.57. The van der Waals surface area contributed by atoms with E-state index in [2.05, 4.69) is 4.99 Å². The van der Waals surface area contributed by atoms with Crippen molar-refractivity contribution in [3.05, 3.63) is 120 Å². The molecule has 2 aromatic heterocycles. The molecule has 32 heavy (non-hydrogen) atoms. The van der Waals surface area contributed by atoms with Crippen molar-refractivity contribution in [2.24, 2.45) is 4.99 Å². The van der Waals surface area contributed by atoms with E-state index in [9.17, 15) is 4.79 Å². The number of benzene rings is 4. The van der Waals surface area contributed by atoms with Gasteiger partial charge < -0.3 is 8.83 Å². The normalized spacial score (nSPS) is 12.1. The number of carbonyl (C=O) groups excluding carboxylic acids is 1. The molecule has 4 aromatic carbocycles. The fourth-order valence-electron chi connectivity index (χ4n) is 4.09. The van der Waals surface area contributed by atoms with E-state index < -0.39 is 0 Å². The molecule has 0 spiro atoms. The van der Waals surface area contributed by atoms with Gasteiger partial charge in [0.2, 0.25) is 5.55 Å². The molecule has 0 atom stereocenters. The zero-order valence-corrected chi connectivity index (χ0v) is 17.0. The molecule has 0 bridgehead atoms. The molecule has 0 aliphatic carbocycles. The molecule has 6 aromatic rings. The number of nitrogens with zero attached hydrogens (tertiary/aromatic N) is 1. The number of fused-ring (bicyclic) bond motifs is 5. The maximum absolute atomic E-state index is 13.6. The van der Waals surface area contributed by atoms with E-state index in [1.165, 1.54) is 0 Å². The largest absolute Gasteiger partial charge is 0.425 e. The quantitative estimate of drug-likeness (QED) is 0.299. The van der Waals surface area contributed by atoms with Gasteiger partial charge in [-0.3, -0.25) is 4.79 Å². The first-order valence-electron chi connectivity index (χ1n) is 10.4. The van der Waals surface area contributed by atoms with E-state index in [1.54, 1.807) is 6.07 Å². The second-order valence-electron chi connectivity index (χ2n) is 7.57. The SMILES string of the molecule is O=C(c1ccccc1)c1cc(=Nc2ccccc2)oc2oc3ccc4ccccc4c3c12. The lowest BCUT2D eigenvalue weighted by molar-refractivity contribution is 0.103. The maximum atomic E-state index is 13.6. The molecule has 4 heteroatoms. The Labute approximate surface area is 183 Å². The monoisotopic (exact) mass is 415 g/mol. The number of furan rings is 1. The molecule has 0 fully saturated rings. The summed E-state index contributed by atoms with van der Waals surface area (Å²) in [6.45, 7) is 0. The minimum Gasteiger partial charge on any atom is -0.425 e. The maximum Gasteiger partial charge on any atom is 0.300 e. The van der Waals surface area contributed by atoms with Crippen LogP contribution in [-0.2, 0) is 0 Å². The van der Waals surface area contributed by atoms with Gasteiger partial charge in [0.15, 0.2) is 5.78 Å². The van der Waals surface area contributed by atoms with Crippen molar-refractivity contribution in [1.29, 1.82) is 0 Å². The van der Waals surface area contributed by atoms with Gasteiger partial charge >= 0.3 is 5.78 Å². The molecule has 0 N–H and O–H groups in total. The molecule has 2 heterocycles. The molecular formula is C28H17NO3. The van der Waals surface area contributed by atoms with Crippen molar-refractivity contribution in [2.45, 2.75) is 0 Å². The first-order chi connectivity index (χ1) is 15.8. The highest BCUT2D eigenvalue weighted by Gasteiger charge is 2.21. The number of rotatable bonds is 3. The van der Waals surface area contributed by atoms with E-state index in [0.717, 1.165) is 21.8 Å². The predicted molar refractivity (Wildman–Crippen MR) is 125 cm³/mol. The minimum absolute atomic E-state index is 0.105. The van der Waals surface area contributed by atoms with Gasteiger partial charge in [0.1, 0.15) is 5.58 Å². The van der Waals surface area contributed by atoms with Crippen LogP contribution in [0.2, 0.25) is 0 Å². The van der Waals surface area contributed by atoms with Crippen LogP contribution in [0, 0.1) is 0 Å². The molecule has 0 unspecified atom stereocenters. The zero-order chi connectivity index (χ0) is 21.5. The summed E-state index contributed by atoms with van der Waals surface area (Å²) in [7, 11) is 0. The zero-order valence-electron chi connectivity index (χ0n) is 17.0. The number of para-hydroxylation sites is 1. The van der Waals surface area contributed by atoms with Gasteiger partial charge in [-0.2, -0.15) is 0 Å². The first-order valence-corrected chi connectivity index (χ1v) is 10.4. The van der Waals surface area contributed by atoms with Crippen molar-refractivity contribution in [3.63, 3.8) is 0 Å². The van der Waals surface area contributed by atoms with E-state index in [0.29, 0.717) is 27.7 Å². The third kappa shape index (κ3) is 3.01. The van der Waals surface area contributed by atoms with Crippen LogP contribution in [0.1, 0.15) is 15.9 Å². The van der Waals surface area contributed by atoms with E-state index in [1.807, 2.05) is 97.1 Å². The van der Waals surface area contributed by atoms with E-state index in [-0.39, 0.29) is 11.6 Å². The standard InChI is InChI=1S/C28H17NO3/c30-27(19-10-3-1-4-11-19)22-17-24(29-20-12-5-2-6-13-20)32-28-26(22)25-21-14-8-7-9-18(21)15-16-23(25)31-28/h1-17H. The second kappa shape index (κ2) is 7.36. The van der Waals surface area contributed by atoms with Crippen LogP contribution in [0.5, 0.6) is 0 Å². The molecule has 4 nitrogen and oxygen atoms in total. The van der Waals surface area contributed by atoms with Crippen LogP contribution < -0.4 is 5.55 Å². The number of hydrogen-bond donors (Lipinski definition) is 0. The average Bonchev–Trinajstić information content (AvgIpc) is 3.23. The Morgan fingerprint density at radius 1 is 0.688 bits per heavy atom. The Morgan fingerprint density at radius 3 is 2.22 bits per heavy atom. The molecule has 0 amide bonds. The Bertz CT molecular complexity index is 1680.